The molecule has 0 aliphatic rings. The third kappa shape index (κ3) is 48.1. The standard InChI is InChI=1S/C59H109NO5/c1-4-7-10-13-16-19-22-24-26-28-30-32-34-37-40-43-46-49-52-59(64)65-55(50-47-44-41-38-36-33-31-29-27-25-23-20-17-14-11-8-5-2)53-58(63)60-56(54-61)57(62)51-48-45-42-39-35-21-18-15-12-9-6-3/h17,20,25,27,31,33,38,41,55-57,61-62H,4-16,18-19,21-24,26,28-30,32,34-37,39-40,42-54H2,1-3H3,(H,60,63)/b20-17-,27-25-,33-31-,41-38-. The van der Waals surface area contributed by atoms with Gasteiger partial charge in [0.25, 0.3) is 0 Å². The Bertz CT molecular complexity index is 1110. The quantitative estimate of drug-likeness (QED) is 0.0321. The molecule has 65 heavy (non-hydrogen) atoms. The lowest BCUT2D eigenvalue weighted by atomic mass is 10.0. The minimum Gasteiger partial charge on any atom is -0.462 e. The minimum absolute atomic E-state index is 0.0428. The number of unbranched alkanes of at least 4 members (excludes halogenated alkanes) is 31. The van der Waals surface area contributed by atoms with E-state index in [9.17, 15) is 19.8 Å². The molecular formula is C59H109NO5. The first-order valence-electron chi connectivity index (χ1n) is 28.4. The molecule has 0 heterocycles. The van der Waals surface area contributed by atoms with E-state index in [4.69, 9.17) is 4.74 Å². The fourth-order valence-electron chi connectivity index (χ4n) is 8.60. The number of hydrogen-bond donors (Lipinski definition) is 3. The van der Waals surface area contributed by atoms with E-state index in [-0.39, 0.29) is 24.9 Å². The van der Waals surface area contributed by atoms with Gasteiger partial charge in [-0.2, -0.15) is 0 Å². The lowest BCUT2D eigenvalue weighted by molar-refractivity contribution is -0.151. The lowest BCUT2D eigenvalue weighted by Gasteiger charge is -2.24. The van der Waals surface area contributed by atoms with Crippen molar-refractivity contribution in [3.05, 3.63) is 48.6 Å². The van der Waals surface area contributed by atoms with E-state index in [1.165, 1.54) is 173 Å². The maximum absolute atomic E-state index is 13.2. The van der Waals surface area contributed by atoms with Gasteiger partial charge in [0.2, 0.25) is 5.91 Å². The van der Waals surface area contributed by atoms with Gasteiger partial charge in [0.15, 0.2) is 0 Å². The molecule has 0 spiro atoms. The highest BCUT2D eigenvalue weighted by atomic mass is 16.5. The fraction of sp³-hybridized carbons (Fsp3) is 0.831. The molecule has 6 heteroatoms. The van der Waals surface area contributed by atoms with Crippen molar-refractivity contribution < 1.29 is 24.5 Å². The lowest BCUT2D eigenvalue weighted by Crippen LogP contribution is -2.46. The van der Waals surface area contributed by atoms with Crippen LogP contribution in [0.15, 0.2) is 48.6 Å². The van der Waals surface area contributed by atoms with Crippen LogP contribution in [0.2, 0.25) is 0 Å². The zero-order chi connectivity index (χ0) is 47.4. The number of allylic oxidation sites excluding steroid dienone is 8. The Hall–Kier alpha value is -2.18. The number of rotatable bonds is 51. The summed E-state index contributed by atoms with van der Waals surface area (Å²) in [5.74, 6) is -0.516. The zero-order valence-electron chi connectivity index (χ0n) is 43.4. The average molecular weight is 913 g/mol. The summed E-state index contributed by atoms with van der Waals surface area (Å²) < 4.78 is 5.93. The highest BCUT2D eigenvalue weighted by molar-refractivity contribution is 5.77. The maximum atomic E-state index is 13.2. The van der Waals surface area contributed by atoms with Crippen LogP contribution in [0.3, 0.4) is 0 Å². The van der Waals surface area contributed by atoms with Crippen molar-refractivity contribution in [1.82, 2.24) is 5.32 Å². The predicted octanol–water partition coefficient (Wildman–Crippen LogP) is 17.4. The Morgan fingerprint density at radius 2 is 0.800 bits per heavy atom. The van der Waals surface area contributed by atoms with Crippen LogP contribution in [0.5, 0.6) is 0 Å². The number of carbonyl (C=O) groups excluding carboxylic acids is 2. The molecule has 0 bridgehead atoms. The number of aliphatic hydroxyl groups excluding tert-OH is 2. The number of ether oxygens (including phenoxy) is 1. The van der Waals surface area contributed by atoms with Gasteiger partial charge < -0.3 is 20.3 Å². The number of hydrogen-bond acceptors (Lipinski definition) is 5. The van der Waals surface area contributed by atoms with E-state index in [2.05, 4.69) is 74.7 Å². The highest BCUT2D eigenvalue weighted by Crippen LogP contribution is 2.18. The van der Waals surface area contributed by atoms with Crippen LogP contribution >= 0.6 is 0 Å². The smallest absolute Gasteiger partial charge is 0.306 e. The van der Waals surface area contributed by atoms with E-state index in [0.29, 0.717) is 19.3 Å². The van der Waals surface area contributed by atoms with E-state index >= 15 is 0 Å². The van der Waals surface area contributed by atoms with Crippen LogP contribution in [0.25, 0.3) is 0 Å². The summed E-state index contributed by atoms with van der Waals surface area (Å²) in [6.45, 7) is 6.46. The van der Waals surface area contributed by atoms with E-state index < -0.39 is 18.2 Å². The molecule has 0 fully saturated rings. The van der Waals surface area contributed by atoms with E-state index in [1.807, 2.05) is 0 Å². The number of aliphatic hydroxyl groups is 2. The maximum Gasteiger partial charge on any atom is 0.306 e. The van der Waals surface area contributed by atoms with E-state index in [0.717, 1.165) is 70.6 Å². The van der Waals surface area contributed by atoms with Crippen LogP contribution < -0.4 is 5.32 Å². The largest absolute Gasteiger partial charge is 0.462 e. The van der Waals surface area contributed by atoms with Crippen LogP contribution in [0, 0.1) is 0 Å². The summed E-state index contributed by atoms with van der Waals surface area (Å²) in [7, 11) is 0. The van der Waals surface area contributed by atoms with Crippen molar-refractivity contribution in [3.8, 4) is 0 Å². The van der Waals surface area contributed by atoms with Gasteiger partial charge in [0.1, 0.15) is 6.10 Å². The summed E-state index contributed by atoms with van der Waals surface area (Å²) in [6, 6.07) is -0.717. The molecule has 0 rings (SSSR count). The van der Waals surface area contributed by atoms with Gasteiger partial charge in [-0.3, -0.25) is 9.59 Å². The van der Waals surface area contributed by atoms with Crippen LogP contribution in [0.4, 0.5) is 0 Å². The van der Waals surface area contributed by atoms with Gasteiger partial charge in [-0.05, 0) is 64.2 Å². The number of nitrogens with one attached hydrogen (secondary N) is 1. The monoisotopic (exact) mass is 912 g/mol. The molecule has 3 atom stereocenters. The van der Waals surface area contributed by atoms with Crippen molar-refractivity contribution in [2.24, 2.45) is 0 Å². The number of amides is 1. The molecule has 380 valence electrons. The van der Waals surface area contributed by atoms with Crippen molar-refractivity contribution in [3.63, 3.8) is 0 Å². The van der Waals surface area contributed by atoms with Gasteiger partial charge >= 0.3 is 5.97 Å². The predicted molar refractivity (Wildman–Crippen MR) is 282 cm³/mol. The van der Waals surface area contributed by atoms with Crippen LogP contribution in [-0.2, 0) is 14.3 Å². The SMILES string of the molecule is CCCCC/C=C\C/C=C\C/C=C\C/C=C\CCCC(CC(=O)NC(CO)C(O)CCCCCCCCCCCCC)OC(=O)CCCCCCCCCCCCCCCCCCCC. The summed E-state index contributed by atoms with van der Waals surface area (Å²) in [6.07, 6.45) is 64.7. The first-order valence-corrected chi connectivity index (χ1v) is 28.4. The molecule has 6 nitrogen and oxygen atoms in total. The summed E-state index contributed by atoms with van der Waals surface area (Å²) in [5.41, 5.74) is 0. The van der Waals surface area contributed by atoms with Crippen LogP contribution in [-0.4, -0.2) is 46.9 Å². The summed E-state index contributed by atoms with van der Waals surface area (Å²) in [4.78, 5) is 26.2. The van der Waals surface area contributed by atoms with Crippen molar-refractivity contribution in [1.29, 1.82) is 0 Å². The van der Waals surface area contributed by atoms with Crippen LogP contribution in [0.1, 0.15) is 290 Å². The Kier molecular flexibility index (Phi) is 51.0. The van der Waals surface area contributed by atoms with E-state index in [1.54, 1.807) is 0 Å². The van der Waals surface area contributed by atoms with Gasteiger partial charge in [-0.25, -0.2) is 0 Å². The molecule has 0 aromatic rings. The molecular weight excluding hydrogens is 803 g/mol. The summed E-state index contributed by atoms with van der Waals surface area (Å²) >= 11 is 0. The molecule has 3 N–H and O–H groups in total. The minimum atomic E-state index is -0.800. The van der Waals surface area contributed by atoms with Crippen molar-refractivity contribution >= 4 is 11.9 Å². The molecule has 3 unspecified atom stereocenters. The molecule has 0 aromatic carbocycles. The molecule has 0 aromatic heterocycles. The summed E-state index contributed by atoms with van der Waals surface area (Å²) in [5, 5.41) is 23.8. The van der Waals surface area contributed by atoms with Gasteiger partial charge in [0.05, 0.1) is 25.2 Å². The molecule has 0 radical (unpaired) electrons. The third-order valence-electron chi connectivity index (χ3n) is 12.9. The number of carbonyl (C=O) groups is 2. The molecule has 0 aliphatic carbocycles. The zero-order valence-corrected chi connectivity index (χ0v) is 43.4. The van der Waals surface area contributed by atoms with Crippen molar-refractivity contribution in [2.75, 3.05) is 6.61 Å². The first-order chi connectivity index (χ1) is 32.0. The number of esters is 1. The van der Waals surface area contributed by atoms with Gasteiger partial charge in [0, 0.05) is 6.42 Å². The molecule has 1 amide bonds. The first kappa shape index (κ1) is 62.8. The molecule has 0 saturated heterocycles. The Morgan fingerprint density at radius 1 is 0.446 bits per heavy atom. The Labute approximate surface area is 404 Å². The second kappa shape index (κ2) is 52.8. The second-order valence-corrected chi connectivity index (χ2v) is 19.3. The molecule has 0 aliphatic heterocycles. The Balaban J connectivity index is 4.62. The van der Waals surface area contributed by atoms with Gasteiger partial charge in [-0.15, -0.1) is 0 Å². The second-order valence-electron chi connectivity index (χ2n) is 19.3. The topological polar surface area (TPSA) is 95.9 Å². The average Bonchev–Trinajstić information content (AvgIpc) is 3.30. The van der Waals surface area contributed by atoms with Gasteiger partial charge in [-0.1, -0.05) is 262 Å². The Morgan fingerprint density at radius 3 is 1.22 bits per heavy atom. The van der Waals surface area contributed by atoms with Crippen molar-refractivity contribution in [2.45, 2.75) is 309 Å². The third-order valence-corrected chi connectivity index (χ3v) is 12.9. The molecule has 0 saturated carbocycles. The normalized spacial score (nSPS) is 13.5. The highest BCUT2D eigenvalue weighted by Gasteiger charge is 2.24. The fourth-order valence-corrected chi connectivity index (χ4v) is 8.60.